The monoisotopic (exact) mass is 272 g/mol. The van der Waals surface area contributed by atoms with Crippen LogP contribution in [0.2, 0.25) is 0 Å². The van der Waals surface area contributed by atoms with E-state index in [2.05, 4.69) is 31.0 Å². The van der Waals surface area contributed by atoms with E-state index in [9.17, 15) is 4.79 Å². The lowest BCUT2D eigenvalue weighted by Gasteiger charge is -2.29. The summed E-state index contributed by atoms with van der Waals surface area (Å²) in [5, 5.41) is 3.39. The second-order valence-electron chi connectivity index (χ2n) is 5.23. The molecule has 19 heavy (non-hydrogen) atoms. The van der Waals surface area contributed by atoms with E-state index in [4.69, 9.17) is 4.74 Å². The summed E-state index contributed by atoms with van der Waals surface area (Å²) >= 11 is 0. The molecule has 0 spiro atoms. The highest BCUT2D eigenvalue weighted by atomic mass is 16.5. The van der Waals surface area contributed by atoms with Crippen molar-refractivity contribution in [2.24, 2.45) is 0 Å². The van der Waals surface area contributed by atoms with E-state index < -0.39 is 5.54 Å². The third-order valence-electron chi connectivity index (χ3n) is 3.75. The average Bonchev–Trinajstić information content (AvgIpc) is 2.43. The first-order valence-electron chi connectivity index (χ1n) is 7.59. The minimum Gasteiger partial charge on any atom is -0.468 e. The molecule has 0 rings (SSSR count). The average molecular weight is 272 g/mol. The third-order valence-corrected chi connectivity index (χ3v) is 3.75. The lowest BCUT2D eigenvalue weighted by Crippen LogP contribution is -2.52. The SMILES string of the molecule is CCCCCC(C)(NCCN(CC)CC)C(=O)OC. The number of rotatable bonds is 11. The van der Waals surface area contributed by atoms with Crippen LogP contribution in [0, 0.1) is 0 Å². The minimum absolute atomic E-state index is 0.150. The van der Waals surface area contributed by atoms with E-state index in [1.54, 1.807) is 0 Å². The number of unbranched alkanes of at least 4 members (excludes halogenated alkanes) is 2. The van der Waals surface area contributed by atoms with Crippen LogP contribution < -0.4 is 5.32 Å². The van der Waals surface area contributed by atoms with Gasteiger partial charge < -0.3 is 15.0 Å². The van der Waals surface area contributed by atoms with Crippen LogP contribution in [-0.2, 0) is 9.53 Å². The fraction of sp³-hybridized carbons (Fsp3) is 0.933. The van der Waals surface area contributed by atoms with Gasteiger partial charge in [0.15, 0.2) is 0 Å². The Hall–Kier alpha value is -0.610. The van der Waals surface area contributed by atoms with Crippen molar-refractivity contribution in [3.63, 3.8) is 0 Å². The molecule has 0 radical (unpaired) electrons. The van der Waals surface area contributed by atoms with E-state index in [0.29, 0.717) is 0 Å². The largest absolute Gasteiger partial charge is 0.468 e. The normalized spacial score (nSPS) is 14.4. The molecule has 0 aromatic carbocycles. The number of ether oxygens (including phenoxy) is 1. The maximum Gasteiger partial charge on any atom is 0.325 e. The first kappa shape index (κ1) is 18.4. The van der Waals surface area contributed by atoms with Gasteiger partial charge in [0.1, 0.15) is 5.54 Å². The molecular formula is C15H32N2O2. The summed E-state index contributed by atoms with van der Waals surface area (Å²) in [5.74, 6) is -0.150. The number of esters is 1. The van der Waals surface area contributed by atoms with Gasteiger partial charge >= 0.3 is 5.97 Å². The number of methoxy groups -OCH3 is 1. The summed E-state index contributed by atoms with van der Waals surface area (Å²) < 4.78 is 4.94. The van der Waals surface area contributed by atoms with Crippen molar-refractivity contribution in [3.05, 3.63) is 0 Å². The minimum atomic E-state index is -0.545. The standard InChI is InChI=1S/C15H32N2O2/c1-6-9-10-11-15(4,14(18)19-5)16-12-13-17(7-2)8-3/h16H,6-13H2,1-5H3. The van der Waals surface area contributed by atoms with Crippen LogP contribution in [0.4, 0.5) is 0 Å². The molecule has 1 unspecified atom stereocenters. The van der Waals surface area contributed by atoms with Gasteiger partial charge in [0.25, 0.3) is 0 Å². The molecule has 114 valence electrons. The first-order valence-corrected chi connectivity index (χ1v) is 7.59. The molecular weight excluding hydrogens is 240 g/mol. The Morgan fingerprint density at radius 1 is 1.21 bits per heavy atom. The van der Waals surface area contributed by atoms with Crippen LogP contribution in [0.25, 0.3) is 0 Å². The van der Waals surface area contributed by atoms with Gasteiger partial charge in [0.05, 0.1) is 7.11 Å². The van der Waals surface area contributed by atoms with Crippen molar-refractivity contribution in [2.75, 3.05) is 33.3 Å². The molecule has 0 saturated carbocycles. The summed E-state index contributed by atoms with van der Waals surface area (Å²) in [6, 6.07) is 0. The molecule has 0 aliphatic rings. The predicted octanol–water partition coefficient (Wildman–Crippen LogP) is 2.43. The Balaban J connectivity index is 4.30. The fourth-order valence-electron chi connectivity index (χ4n) is 2.25. The van der Waals surface area contributed by atoms with Gasteiger partial charge in [-0.25, -0.2) is 0 Å². The number of carbonyl (C=O) groups excluding carboxylic acids is 1. The molecule has 4 nitrogen and oxygen atoms in total. The van der Waals surface area contributed by atoms with Crippen LogP contribution in [0.1, 0.15) is 53.4 Å². The van der Waals surface area contributed by atoms with Crippen molar-refractivity contribution in [3.8, 4) is 0 Å². The zero-order valence-electron chi connectivity index (χ0n) is 13.4. The van der Waals surface area contributed by atoms with Crippen LogP contribution in [0.3, 0.4) is 0 Å². The zero-order chi connectivity index (χ0) is 14.7. The highest BCUT2D eigenvalue weighted by Gasteiger charge is 2.32. The smallest absolute Gasteiger partial charge is 0.325 e. The van der Waals surface area contributed by atoms with Crippen molar-refractivity contribution in [2.45, 2.75) is 58.9 Å². The number of hydrogen-bond donors (Lipinski definition) is 1. The number of carbonyl (C=O) groups is 1. The lowest BCUT2D eigenvalue weighted by atomic mass is 9.94. The molecule has 0 fully saturated rings. The second kappa shape index (κ2) is 10.2. The summed E-state index contributed by atoms with van der Waals surface area (Å²) in [4.78, 5) is 14.3. The Bertz CT molecular complexity index is 242. The highest BCUT2D eigenvalue weighted by molar-refractivity contribution is 5.80. The maximum absolute atomic E-state index is 11.9. The molecule has 1 N–H and O–H groups in total. The Morgan fingerprint density at radius 3 is 2.32 bits per heavy atom. The molecule has 0 aromatic heterocycles. The summed E-state index contributed by atoms with van der Waals surface area (Å²) in [5.41, 5.74) is -0.545. The van der Waals surface area contributed by atoms with E-state index in [1.807, 2.05) is 6.92 Å². The van der Waals surface area contributed by atoms with Crippen LogP contribution >= 0.6 is 0 Å². The number of likely N-dealkylation sites (N-methyl/N-ethyl adjacent to an activating group) is 1. The third kappa shape index (κ3) is 6.92. The molecule has 0 bridgehead atoms. The Morgan fingerprint density at radius 2 is 1.84 bits per heavy atom. The molecule has 0 heterocycles. The van der Waals surface area contributed by atoms with Crippen molar-refractivity contribution in [1.29, 1.82) is 0 Å². The molecule has 0 aliphatic heterocycles. The molecule has 0 aliphatic carbocycles. The quantitative estimate of drug-likeness (QED) is 0.463. The second-order valence-corrected chi connectivity index (χ2v) is 5.23. The number of nitrogens with zero attached hydrogens (tertiary/aromatic N) is 1. The van der Waals surface area contributed by atoms with Crippen molar-refractivity contribution >= 4 is 5.97 Å². The molecule has 0 aromatic rings. The van der Waals surface area contributed by atoms with Crippen LogP contribution in [0.5, 0.6) is 0 Å². The summed E-state index contributed by atoms with van der Waals surface area (Å²) in [6.07, 6.45) is 4.22. The van der Waals surface area contributed by atoms with Gasteiger partial charge in [-0.15, -0.1) is 0 Å². The molecule has 0 amide bonds. The van der Waals surface area contributed by atoms with E-state index >= 15 is 0 Å². The topological polar surface area (TPSA) is 41.6 Å². The highest BCUT2D eigenvalue weighted by Crippen LogP contribution is 2.16. The van der Waals surface area contributed by atoms with E-state index in [0.717, 1.165) is 51.9 Å². The molecule has 4 heteroatoms. The fourth-order valence-corrected chi connectivity index (χ4v) is 2.25. The Labute approximate surface area is 118 Å². The summed E-state index contributed by atoms with van der Waals surface area (Å²) in [6.45, 7) is 12.3. The van der Waals surface area contributed by atoms with Gasteiger partial charge in [-0.3, -0.25) is 4.79 Å². The zero-order valence-corrected chi connectivity index (χ0v) is 13.4. The van der Waals surface area contributed by atoms with Gasteiger partial charge in [-0.05, 0) is 26.4 Å². The van der Waals surface area contributed by atoms with Gasteiger partial charge in [-0.2, -0.15) is 0 Å². The van der Waals surface area contributed by atoms with Gasteiger partial charge in [-0.1, -0.05) is 40.0 Å². The van der Waals surface area contributed by atoms with Crippen LogP contribution in [-0.4, -0.2) is 49.7 Å². The molecule has 1 atom stereocenters. The lowest BCUT2D eigenvalue weighted by molar-refractivity contribution is -0.148. The van der Waals surface area contributed by atoms with Gasteiger partial charge in [0.2, 0.25) is 0 Å². The Kier molecular flexibility index (Phi) is 9.88. The van der Waals surface area contributed by atoms with Crippen LogP contribution in [0.15, 0.2) is 0 Å². The van der Waals surface area contributed by atoms with E-state index in [-0.39, 0.29) is 5.97 Å². The summed E-state index contributed by atoms with van der Waals surface area (Å²) in [7, 11) is 1.46. The van der Waals surface area contributed by atoms with Gasteiger partial charge in [0, 0.05) is 13.1 Å². The first-order chi connectivity index (χ1) is 9.03. The predicted molar refractivity (Wildman–Crippen MR) is 80.4 cm³/mol. The van der Waals surface area contributed by atoms with E-state index in [1.165, 1.54) is 7.11 Å². The molecule has 0 saturated heterocycles. The maximum atomic E-state index is 11.9. The number of hydrogen-bond acceptors (Lipinski definition) is 4. The number of nitrogens with one attached hydrogen (secondary N) is 1. The van der Waals surface area contributed by atoms with Crippen molar-refractivity contribution in [1.82, 2.24) is 10.2 Å². The van der Waals surface area contributed by atoms with Crippen molar-refractivity contribution < 1.29 is 9.53 Å².